The van der Waals surface area contributed by atoms with Gasteiger partial charge < -0.3 is 18.9 Å². The lowest BCUT2D eigenvalue weighted by molar-refractivity contribution is -0.870. The van der Waals surface area contributed by atoms with Gasteiger partial charge in [0, 0.05) is 12.8 Å². The summed E-state index contributed by atoms with van der Waals surface area (Å²) in [4.78, 5) is 36.0. The Labute approximate surface area is 608 Å². The minimum absolute atomic E-state index is 0.0320. The van der Waals surface area contributed by atoms with E-state index in [-0.39, 0.29) is 25.6 Å². The third-order valence-corrected chi connectivity index (χ3v) is 19.6. The van der Waals surface area contributed by atoms with Crippen molar-refractivity contribution >= 4 is 19.8 Å². The third kappa shape index (κ3) is 81.9. The molecule has 0 rings (SSSR count). The third-order valence-electron chi connectivity index (χ3n) is 18.6. The lowest BCUT2D eigenvalue weighted by atomic mass is 10.0. The first kappa shape index (κ1) is 94.9. The lowest BCUT2D eigenvalue weighted by Gasteiger charge is -2.24. The van der Waals surface area contributed by atoms with Crippen LogP contribution in [-0.2, 0) is 32.7 Å². The van der Waals surface area contributed by atoms with Gasteiger partial charge in [0.05, 0.1) is 27.7 Å². The van der Waals surface area contributed by atoms with Crippen LogP contribution in [0, 0.1) is 0 Å². The van der Waals surface area contributed by atoms with Crippen LogP contribution in [0.5, 0.6) is 0 Å². The predicted molar refractivity (Wildman–Crippen MR) is 427 cm³/mol. The first-order valence-electron chi connectivity index (χ1n) is 42.0. The van der Waals surface area contributed by atoms with Crippen molar-refractivity contribution in [2.24, 2.45) is 0 Å². The van der Waals surface area contributed by atoms with E-state index in [1.165, 1.54) is 289 Å². The van der Waals surface area contributed by atoms with Gasteiger partial charge in [0.1, 0.15) is 19.8 Å². The van der Waals surface area contributed by atoms with Gasteiger partial charge in [0.15, 0.2) is 6.10 Å². The molecule has 0 aliphatic rings. The standard InChI is InChI=1S/C88H160NO8P/c1-6-8-10-12-14-16-18-20-22-24-26-28-30-32-34-36-38-40-42-44-46-48-50-52-54-56-58-60-62-64-66-68-70-72-74-76-78-80-87(90)94-84-86(85-96-98(92,93)95-83-82-89(3,4)5)97-88(91)81-79-77-75-73-71-69-67-65-63-61-59-57-55-53-51-49-47-45-43-41-39-37-35-33-31-29-27-25-23-21-19-17-15-13-11-9-7-2/h9,11,15,17-18,20-21,23-24,26-27,29,33,35,39,41,86H,6-8,10,12-14,16,19,22,25,28,30-32,34,36-38,40,42-85H2,1-5H3/p+1/b11-9-,17-15-,20-18-,23-21-,26-24-,29-27-,35-33-,41-39-. The molecule has 570 valence electrons. The Morgan fingerprint density at radius 1 is 0.327 bits per heavy atom. The molecule has 0 fully saturated rings. The quantitative estimate of drug-likeness (QED) is 0.0211. The van der Waals surface area contributed by atoms with Gasteiger partial charge in [-0.05, 0) is 96.3 Å². The molecule has 0 aliphatic heterocycles. The van der Waals surface area contributed by atoms with Crippen molar-refractivity contribution in [3.05, 3.63) is 97.2 Å². The molecule has 0 spiro atoms. The van der Waals surface area contributed by atoms with Gasteiger partial charge in [-0.25, -0.2) is 4.57 Å². The number of phosphoric ester groups is 1. The Bertz CT molecular complexity index is 1980. The molecule has 0 heterocycles. The van der Waals surface area contributed by atoms with Gasteiger partial charge >= 0.3 is 19.8 Å². The van der Waals surface area contributed by atoms with Crippen molar-refractivity contribution < 1.29 is 42.1 Å². The van der Waals surface area contributed by atoms with Crippen LogP contribution >= 0.6 is 7.82 Å². The van der Waals surface area contributed by atoms with Gasteiger partial charge in [-0.1, -0.05) is 387 Å². The highest BCUT2D eigenvalue weighted by Crippen LogP contribution is 2.43. The van der Waals surface area contributed by atoms with E-state index in [0.29, 0.717) is 23.9 Å². The van der Waals surface area contributed by atoms with Crippen LogP contribution in [0.1, 0.15) is 399 Å². The van der Waals surface area contributed by atoms with Crippen molar-refractivity contribution in [3.63, 3.8) is 0 Å². The molecule has 1 N–H and O–H groups in total. The van der Waals surface area contributed by atoms with Crippen molar-refractivity contribution in [1.29, 1.82) is 0 Å². The Morgan fingerprint density at radius 2 is 0.582 bits per heavy atom. The molecule has 0 amide bonds. The molecule has 0 bridgehead atoms. The van der Waals surface area contributed by atoms with Crippen LogP contribution in [-0.4, -0.2) is 74.9 Å². The van der Waals surface area contributed by atoms with Crippen molar-refractivity contribution in [2.75, 3.05) is 47.5 Å². The van der Waals surface area contributed by atoms with Crippen LogP contribution in [0.25, 0.3) is 0 Å². The molecule has 0 saturated carbocycles. The summed E-state index contributed by atoms with van der Waals surface area (Å²) in [5, 5.41) is 0. The van der Waals surface area contributed by atoms with Crippen LogP contribution in [0.4, 0.5) is 0 Å². The Hall–Kier alpha value is -3.07. The molecule has 0 aromatic heterocycles. The van der Waals surface area contributed by atoms with Crippen molar-refractivity contribution in [3.8, 4) is 0 Å². The minimum Gasteiger partial charge on any atom is -0.462 e. The molecule has 98 heavy (non-hydrogen) atoms. The number of esters is 2. The number of hydrogen-bond donors (Lipinski definition) is 1. The number of ether oxygens (including phenoxy) is 2. The summed E-state index contributed by atoms with van der Waals surface area (Å²) in [6.07, 6.45) is 110. The highest BCUT2D eigenvalue weighted by molar-refractivity contribution is 7.47. The molecule has 0 aromatic carbocycles. The summed E-state index contributed by atoms with van der Waals surface area (Å²) in [6, 6.07) is 0. The molecular weight excluding hydrogens is 1230 g/mol. The van der Waals surface area contributed by atoms with Crippen LogP contribution < -0.4 is 0 Å². The average molecular weight is 1390 g/mol. The fourth-order valence-corrected chi connectivity index (χ4v) is 13.0. The van der Waals surface area contributed by atoms with E-state index < -0.39 is 26.5 Å². The smallest absolute Gasteiger partial charge is 0.462 e. The largest absolute Gasteiger partial charge is 0.472 e. The molecule has 0 saturated heterocycles. The van der Waals surface area contributed by atoms with Gasteiger partial charge in [-0.2, -0.15) is 0 Å². The molecule has 2 atom stereocenters. The van der Waals surface area contributed by atoms with E-state index in [1.54, 1.807) is 0 Å². The molecule has 0 radical (unpaired) electrons. The van der Waals surface area contributed by atoms with E-state index in [2.05, 4.69) is 111 Å². The number of unbranched alkanes of at least 4 members (excludes halogenated alkanes) is 48. The highest BCUT2D eigenvalue weighted by atomic mass is 31.2. The van der Waals surface area contributed by atoms with Crippen LogP contribution in [0.3, 0.4) is 0 Å². The van der Waals surface area contributed by atoms with Crippen molar-refractivity contribution in [2.45, 2.75) is 405 Å². The minimum atomic E-state index is -4.40. The zero-order chi connectivity index (χ0) is 71.1. The number of nitrogens with zero attached hydrogens (tertiary/aromatic N) is 1. The maximum Gasteiger partial charge on any atom is 0.472 e. The topological polar surface area (TPSA) is 108 Å². The second kappa shape index (κ2) is 78.1. The number of likely N-dealkylation sites (N-methyl/N-ethyl adjacent to an activating group) is 1. The monoisotopic (exact) mass is 1390 g/mol. The summed E-state index contributed by atoms with van der Waals surface area (Å²) in [5.41, 5.74) is 0. The molecule has 0 aromatic rings. The summed E-state index contributed by atoms with van der Waals surface area (Å²) < 4.78 is 34.9. The van der Waals surface area contributed by atoms with Gasteiger partial charge in [0.25, 0.3) is 0 Å². The summed E-state index contributed by atoms with van der Waals surface area (Å²) in [6.45, 7) is 4.37. The predicted octanol–water partition coefficient (Wildman–Crippen LogP) is 28.2. The summed E-state index contributed by atoms with van der Waals surface area (Å²) in [5.74, 6) is -0.778. The molecular formula is C88H161NO8P+. The van der Waals surface area contributed by atoms with E-state index >= 15 is 0 Å². The number of quaternary nitrogens is 1. The van der Waals surface area contributed by atoms with Crippen LogP contribution in [0.15, 0.2) is 97.2 Å². The van der Waals surface area contributed by atoms with Gasteiger partial charge in [-0.15, -0.1) is 0 Å². The van der Waals surface area contributed by atoms with Crippen LogP contribution in [0.2, 0.25) is 0 Å². The molecule has 10 heteroatoms. The zero-order valence-electron chi connectivity index (χ0n) is 65.3. The van der Waals surface area contributed by atoms with Gasteiger partial charge in [-0.3, -0.25) is 18.6 Å². The zero-order valence-corrected chi connectivity index (χ0v) is 66.2. The molecule has 9 nitrogen and oxygen atoms in total. The lowest BCUT2D eigenvalue weighted by Crippen LogP contribution is -2.37. The maximum absolute atomic E-state index is 12.9. The summed E-state index contributed by atoms with van der Waals surface area (Å²) in [7, 11) is 1.49. The van der Waals surface area contributed by atoms with E-state index in [0.717, 1.165) is 77.0 Å². The number of carbonyl (C=O) groups excluding carboxylic acids is 2. The Kier molecular flexibility index (Phi) is 75.6. The van der Waals surface area contributed by atoms with E-state index in [9.17, 15) is 19.0 Å². The molecule has 2 unspecified atom stereocenters. The summed E-state index contributed by atoms with van der Waals surface area (Å²) >= 11 is 0. The fourth-order valence-electron chi connectivity index (χ4n) is 12.2. The Balaban J connectivity index is 3.91. The average Bonchev–Trinajstić information content (AvgIpc) is 1.08. The number of phosphoric acid groups is 1. The first-order valence-corrected chi connectivity index (χ1v) is 43.5. The SMILES string of the molecule is CC/C=C\C/C=C\C/C=C\C/C=C\C/C=C\C/C=C\CCCCCCCCCCCCCCCCCCCCC(=O)OC(COC(=O)CCCCCCCCCCCCCCCCCCCCCCCCCCC/C=C\C/C=C\CCCCCCC)COP(=O)(O)OCC[N+](C)(C)C. The fraction of sp³-hybridized carbons (Fsp3) is 0.795. The van der Waals surface area contributed by atoms with E-state index in [1.807, 2.05) is 21.1 Å². The Morgan fingerprint density at radius 3 is 0.867 bits per heavy atom. The molecule has 0 aliphatic carbocycles. The highest BCUT2D eigenvalue weighted by Gasteiger charge is 2.27. The van der Waals surface area contributed by atoms with Crippen molar-refractivity contribution in [1.82, 2.24) is 0 Å². The number of rotatable bonds is 78. The van der Waals surface area contributed by atoms with Gasteiger partial charge in [0.2, 0.25) is 0 Å². The normalized spacial score (nSPS) is 13.5. The van der Waals surface area contributed by atoms with E-state index in [4.69, 9.17) is 18.5 Å². The number of carbonyl (C=O) groups is 2. The maximum atomic E-state index is 12.9. The first-order chi connectivity index (χ1) is 48.0. The second-order valence-corrected chi connectivity index (χ2v) is 30.9. The number of allylic oxidation sites excluding steroid dienone is 16. The number of hydrogen-bond acceptors (Lipinski definition) is 7. The second-order valence-electron chi connectivity index (χ2n) is 29.5.